The zero-order chi connectivity index (χ0) is 18.6. The van der Waals surface area contributed by atoms with Gasteiger partial charge in [-0.25, -0.2) is 17.9 Å². The summed E-state index contributed by atoms with van der Waals surface area (Å²) in [6.45, 7) is 8.82. The van der Waals surface area contributed by atoms with Gasteiger partial charge in [-0.1, -0.05) is 0 Å². The predicted molar refractivity (Wildman–Crippen MR) is 95.7 cm³/mol. The first-order valence-corrected chi connectivity index (χ1v) is 9.63. The highest BCUT2D eigenvalue weighted by molar-refractivity contribution is 7.89. The third kappa shape index (κ3) is 12.9. The van der Waals surface area contributed by atoms with Crippen LogP contribution >= 0.6 is 0 Å². The van der Waals surface area contributed by atoms with E-state index in [1.807, 2.05) is 20.8 Å². The lowest BCUT2D eigenvalue weighted by Crippen LogP contribution is -2.42. The van der Waals surface area contributed by atoms with Crippen molar-refractivity contribution in [2.45, 2.75) is 39.7 Å². The number of ether oxygens (including phenoxy) is 1. The van der Waals surface area contributed by atoms with Crippen LogP contribution in [0.5, 0.6) is 0 Å². The van der Waals surface area contributed by atoms with Gasteiger partial charge in [0.25, 0.3) is 0 Å². The molecule has 142 valence electrons. The summed E-state index contributed by atoms with van der Waals surface area (Å²) in [5, 5.41) is 8.74. The number of nitrogens with zero attached hydrogens (tertiary/aromatic N) is 1. The first kappa shape index (κ1) is 22.4. The molecule has 0 rings (SSSR count). The Kier molecular flexibility index (Phi) is 10.4. The molecule has 0 saturated carbocycles. The van der Waals surface area contributed by atoms with Crippen LogP contribution in [0, 0.1) is 0 Å². The van der Waals surface area contributed by atoms with Crippen molar-refractivity contribution in [1.29, 1.82) is 0 Å². The van der Waals surface area contributed by atoms with Crippen molar-refractivity contribution < 1.29 is 17.9 Å². The standard InChI is InChI=1S/C14H31N5O4S/c1-6-24(21,22)19-11-10-17-12(15-5)16-8-7-9-18-13(20)23-14(2,3)4/h19H,6-11H2,1-5H3,(H,18,20)(H2,15,16,17). The van der Waals surface area contributed by atoms with Crippen molar-refractivity contribution in [3.8, 4) is 0 Å². The minimum atomic E-state index is -3.17. The molecule has 0 aliphatic rings. The molecule has 1 amide bonds. The number of sulfonamides is 1. The quantitative estimate of drug-likeness (QED) is 0.259. The lowest BCUT2D eigenvalue weighted by molar-refractivity contribution is 0.0527. The van der Waals surface area contributed by atoms with Gasteiger partial charge in [0.05, 0.1) is 5.75 Å². The molecule has 4 N–H and O–H groups in total. The Balaban J connectivity index is 3.79. The van der Waals surface area contributed by atoms with E-state index in [0.717, 1.165) is 0 Å². The largest absolute Gasteiger partial charge is 0.444 e. The number of rotatable bonds is 9. The molecule has 0 heterocycles. The minimum absolute atomic E-state index is 0.0601. The first-order valence-electron chi connectivity index (χ1n) is 7.98. The van der Waals surface area contributed by atoms with Crippen molar-refractivity contribution in [3.05, 3.63) is 0 Å². The highest BCUT2D eigenvalue weighted by atomic mass is 32.2. The summed E-state index contributed by atoms with van der Waals surface area (Å²) in [5.74, 6) is 0.632. The van der Waals surface area contributed by atoms with Crippen molar-refractivity contribution in [1.82, 2.24) is 20.7 Å². The van der Waals surface area contributed by atoms with E-state index >= 15 is 0 Å². The Bertz CT molecular complexity index is 500. The molecule has 0 spiro atoms. The van der Waals surface area contributed by atoms with Gasteiger partial charge in [0.1, 0.15) is 5.60 Å². The van der Waals surface area contributed by atoms with Crippen LogP contribution in [0.4, 0.5) is 4.79 Å². The van der Waals surface area contributed by atoms with Gasteiger partial charge in [-0.05, 0) is 34.1 Å². The second-order valence-electron chi connectivity index (χ2n) is 6.01. The fraction of sp³-hybridized carbons (Fsp3) is 0.857. The summed E-state index contributed by atoms with van der Waals surface area (Å²) < 4.78 is 30.1. The molecule has 0 bridgehead atoms. The zero-order valence-electron chi connectivity index (χ0n) is 15.2. The fourth-order valence-electron chi connectivity index (χ4n) is 1.51. The maximum absolute atomic E-state index is 11.4. The fourth-order valence-corrected chi connectivity index (χ4v) is 2.13. The van der Waals surface area contributed by atoms with Crippen LogP contribution in [0.25, 0.3) is 0 Å². The summed E-state index contributed by atoms with van der Waals surface area (Å²) >= 11 is 0. The number of hydrogen-bond donors (Lipinski definition) is 4. The van der Waals surface area contributed by atoms with Crippen LogP contribution in [0.1, 0.15) is 34.1 Å². The molecule has 0 radical (unpaired) electrons. The monoisotopic (exact) mass is 365 g/mol. The van der Waals surface area contributed by atoms with Gasteiger partial charge in [0.15, 0.2) is 5.96 Å². The van der Waals surface area contributed by atoms with E-state index in [0.29, 0.717) is 32.0 Å². The summed E-state index contributed by atoms with van der Waals surface area (Å²) in [5.41, 5.74) is -0.506. The highest BCUT2D eigenvalue weighted by Gasteiger charge is 2.15. The summed E-state index contributed by atoms with van der Waals surface area (Å²) in [6, 6.07) is 0. The molecule has 0 aliphatic heterocycles. The van der Waals surface area contributed by atoms with Crippen LogP contribution in [0.3, 0.4) is 0 Å². The van der Waals surface area contributed by atoms with Crippen LogP contribution in [-0.4, -0.2) is 65.1 Å². The van der Waals surface area contributed by atoms with Gasteiger partial charge in [-0.15, -0.1) is 0 Å². The molecule has 24 heavy (non-hydrogen) atoms. The number of guanidine groups is 1. The Labute approximate surface area is 145 Å². The number of hydrogen-bond acceptors (Lipinski definition) is 5. The van der Waals surface area contributed by atoms with E-state index in [1.54, 1.807) is 14.0 Å². The molecule has 10 heteroatoms. The molecule has 0 unspecified atom stereocenters. The van der Waals surface area contributed by atoms with Gasteiger partial charge in [0, 0.05) is 33.2 Å². The van der Waals surface area contributed by atoms with E-state index in [1.165, 1.54) is 0 Å². The van der Waals surface area contributed by atoms with E-state index in [4.69, 9.17) is 4.74 Å². The zero-order valence-corrected chi connectivity index (χ0v) is 16.0. The maximum atomic E-state index is 11.4. The van der Waals surface area contributed by atoms with Crippen LogP contribution in [-0.2, 0) is 14.8 Å². The number of alkyl carbamates (subject to hydrolysis) is 1. The Morgan fingerprint density at radius 2 is 1.62 bits per heavy atom. The molecular formula is C14H31N5O4S. The van der Waals surface area contributed by atoms with Crippen molar-refractivity contribution >= 4 is 22.1 Å². The summed E-state index contributed by atoms with van der Waals surface area (Å²) in [6.07, 6.45) is 0.260. The number of carbonyl (C=O) groups is 1. The second-order valence-corrected chi connectivity index (χ2v) is 8.10. The third-order valence-corrected chi connectivity index (χ3v) is 4.06. The van der Waals surface area contributed by atoms with Crippen molar-refractivity contribution in [2.24, 2.45) is 4.99 Å². The Morgan fingerprint density at radius 3 is 2.17 bits per heavy atom. The summed E-state index contributed by atoms with van der Waals surface area (Å²) in [4.78, 5) is 15.5. The van der Waals surface area contributed by atoms with Crippen LogP contribution < -0.4 is 20.7 Å². The SMILES string of the molecule is CCS(=O)(=O)NCCNC(=NC)NCCCNC(=O)OC(C)(C)C. The predicted octanol–water partition coefficient (Wildman–Crippen LogP) is 0.00550. The molecule has 0 fully saturated rings. The van der Waals surface area contributed by atoms with E-state index in [2.05, 4.69) is 25.7 Å². The molecule has 0 aliphatic carbocycles. The van der Waals surface area contributed by atoms with Gasteiger partial charge >= 0.3 is 6.09 Å². The number of amides is 1. The number of nitrogens with one attached hydrogen (secondary N) is 4. The first-order chi connectivity index (χ1) is 11.1. The van der Waals surface area contributed by atoms with Gasteiger partial charge in [-0.3, -0.25) is 4.99 Å². The molecule has 0 aromatic rings. The Hall–Kier alpha value is -1.55. The van der Waals surface area contributed by atoms with Gasteiger partial charge < -0.3 is 20.7 Å². The molecule has 9 nitrogen and oxygen atoms in total. The molecule has 0 aromatic carbocycles. The number of carbonyl (C=O) groups excluding carboxylic acids is 1. The normalized spacial score (nSPS) is 12.6. The van der Waals surface area contributed by atoms with Crippen molar-refractivity contribution in [2.75, 3.05) is 39.0 Å². The lowest BCUT2D eigenvalue weighted by atomic mass is 10.2. The molecule has 0 atom stereocenters. The maximum Gasteiger partial charge on any atom is 0.407 e. The van der Waals surface area contributed by atoms with Gasteiger partial charge in [0.2, 0.25) is 10.0 Å². The second kappa shape index (κ2) is 11.1. The van der Waals surface area contributed by atoms with Crippen molar-refractivity contribution in [3.63, 3.8) is 0 Å². The topological polar surface area (TPSA) is 121 Å². The molecule has 0 aromatic heterocycles. The highest BCUT2D eigenvalue weighted by Crippen LogP contribution is 2.06. The lowest BCUT2D eigenvalue weighted by Gasteiger charge is -2.19. The minimum Gasteiger partial charge on any atom is -0.444 e. The van der Waals surface area contributed by atoms with E-state index in [-0.39, 0.29) is 12.3 Å². The molecular weight excluding hydrogens is 334 g/mol. The Morgan fingerprint density at radius 1 is 1.04 bits per heavy atom. The number of aliphatic imine (C=N–C) groups is 1. The average molecular weight is 366 g/mol. The van der Waals surface area contributed by atoms with E-state index < -0.39 is 21.7 Å². The smallest absolute Gasteiger partial charge is 0.407 e. The van der Waals surface area contributed by atoms with Crippen LogP contribution in [0.2, 0.25) is 0 Å². The third-order valence-electron chi connectivity index (χ3n) is 2.66. The molecule has 0 saturated heterocycles. The van der Waals surface area contributed by atoms with Crippen LogP contribution in [0.15, 0.2) is 4.99 Å². The summed E-state index contributed by atoms with van der Waals surface area (Å²) in [7, 11) is -1.54. The van der Waals surface area contributed by atoms with E-state index in [9.17, 15) is 13.2 Å². The van der Waals surface area contributed by atoms with Gasteiger partial charge in [-0.2, -0.15) is 0 Å². The average Bonchev–Trinajstić information content (AvgIpc) is 2.47.